The maximum atomic E-state index is 16.4. The van der Waals surface area contributed by atoms with Crippen LogP contribution in [0.4, 0.5) is 26.3 Å². The summed E-state index contributed by atoms with van der Waals surface area (Å²) in [7, 11) is -2.84. The van der Waals surface area contributed by atoms with Crippen LogP contribution in [0.5, 0.6) is 0 Å². The molecule has 0 fully saturated rings. The quantitative estimate of drug-likeness (QED) is 0.139. The smallest absolute Gasteiger partial charge is 0.194 e. The third-order valence-corrected chi connectivity index (χ3v) is 13.4. The summed E-state index contributed by atoms with van der Waals surface area (Å²) in [6.45, 7) is 3.89. The van der Waals surface area contributed by atoms with Crippen molar-refractivity contribution >= 4 is 51.0 Å². The monoisotopic (exact) mass is 618 g/mol. The van der Waals surface area contributed by atoms with E-state index >= 15 is 26.3 Å². The minimum absolute atomic E-state index is 0.204. The van der Waals surface area contributed by atoms with E-state index in [0.29, 0.717) is 26.6 Å². The van der Waals surface area contributed by atoms with Crippen molar-refractivity contribution in [2.75, 3.05) is 0 Å². The highest BCUT2D eigenvalue weighted by Crippen LogP contribution is 2.67. The third-order valence-electron chi connectivity index (χ3n) is 8.61. The van der Waals surface area contributed by atoms with Crippen molar-refractivity contribution in [1.82, 2.24) is 0 Å². The highest BCUT2D eigenvalue weighted by Gasteiger charge is 2.81. The van der Waals surface area contributed by atoms with E-state index in [2.05, 4.69) is 0 Å². The Morgan fingerprint density at radius 2 is 1.12 bits per heavy atom. The Morgan fingerprint density at radius 3 is 1.79 bits per heavy atom. The van der Waals surface area contributed by atoms with E-state index in [-0.39, 0.29) is 21.4 Å². The number of benzene rings is 4. The van der Waals surface area contributed by atoms with Crippen molar-refractivity contribution in [1.29, 1.82) is 0 Å². The van der Waals surface area contributed by atoms with Crippen LogP contribution in [0.15, 0.2) is 115 Å². The maximum Gasteiger partial charge on any atom is 0.380 e. The number of fused-ring (bicyclic) bond motifs is 2. The molecular weight excluding hydrogens is 595 g/mol. The molecule has 0 unspecified atom stereocenters. The molecule has 2 aliphatic rings. The van der Waals surface area contributed by atoms with Gasteiger partial charge < -0.3 is 0 Å². The van der Waals surface area contributed by atoms with Crippen LogP contribution in [0.3, 0.4) is 0 Å². The Hall–Kier alpha value is -3.88. The molecule has 1 aromatic heterocycles. The number of alkyl halides is 6. The molecule has 8 heteroatoms. The summed E-state index contributed by atoms with van der Waals surface area (Å²) in [6, 6.07) is 30.5. The molecule has 4 aromatic carbocycles. The van der Waals surface area contributed by atoms with Crippen LogP contribution in [0.2, 0.25) is 13.1 Å². The standard InChI is InChI=1S/C35H24F6SSi/c1-43(2)26-20-12-10-18-24(26)28(32(43)22-15-7-4-8-16-22)30-29(33(36,37)35(40,41)34(30,38)39)27-23-17-9-11-19-25(23)42-31(27)21-13-5-3-6-14-21/h3-20H,1-2H3. The van der Waals surface area contributed by atoms with Gasteiger partial charge in [-0.25, -0.2) is 0 Å². The predicted octanol–water partition coefficient (Wildman–Crippen LogP) is 10.3. The normalized spacial score (nSPS) is 19.7. The van der Waals surface area contributed by atoms with Crippen molar-refractivity contribution in [3.05, 3.63) is 131 Å². The average molecular weight is 619 g/mol. The molecule has 1 aliphatic carbocycles. The summed E-state index contributed by atoms with van der Waals surface area (Å²) in [5, 5.41) is 1.41. The third kappa shape index (κ3) is 3.69. The highest BCUT2D eigenvalue weighted by molar-refractivity contribution is 7.22. The van der Waals surface area contributed by atoms with Crippen LogP contribution < -0.4 is 5.19 Å². The summed E-state index contributed by atoms with van der Waals surface area (Å²) in [5.41, 5.74) is -1.71. The van der Waals surface area contributed by atoms with Crippen molar-refractivity contribution < 1.29 is 26.3 Å². The number of hydrogen-bond donors (Lipinski definition) is 0. The van der Waals surface area contributed by atoms with Gasteiger partial charge in [0.15, 0.2) is 0 Å². The highest BCUT2D eigenvalue weighted by atomic mass is 32.1. The van der Waals surface area contributed by atoms with Gasteiger partial charge in [0.1, 0.15) is 8.07 Å². The zero-order valence-electron chi connectivity index (χ0n) is 23.1. The van der Waals surface area contributed by atoms with E-state index in [0.717, 1.165) is 16.5 Å². The van der Waals surface area contributed by atoms with Crippen molar-refractivity contribution in [3.8, 4) is 10.4 Å². The zero-order chi connectivity index (χ0) is 30.4. The molecule has 7 rings (SSSR count). The first kappa shape index (κ1) is 27.9. The lowest BCUT2D eigenvalue weighted by atomic mass is 9.87. The second-order valence-corrected chi connectivity index (χ2v) is 16.8. The molecule has 0 atom stereocenters. The van der Waals surface area contributed by atoms with E-state index in [4.69, 9.17) is 0 Å². The minimum Gasteiger partial charge on any atom is -0.194 e. The largest absolute Gasteiger partial charge is 0.380 e. The molecule has 0 amide bonds. The first-order chi connectivity index (χ1) is 20.4. The van der Waals surface area contributed by atoms with Crippen molar-refractivity contribution in [3.63, 3.8) is 0 Å². The lowest BCUT2D eigenvalue weighted by Gasteiger charge is -2.27. The number of thiophene rings is 1. The molecular formula is C35H24F6SSi. The molecule has 0 spiro atoms. The van der Waals surface area contributed by atoms with Crippen LogP contribution in [0.25, 0.3) is 36.9 Å². The predicted molar refractivity (Wildman–Crippen MR) is 166 cm³/mol. The molecule has 43 heavy (non-hydrogen) atoms. The number of hydrogen-bond acceptors (Lipinski definition) is 1. The van der Waals surface area contributed by atoms with Crippen molar-refractivity contribution in [2.45, 2.75) is 30.9 Å². The topological polar surface area (TPSA) is 0 Å². The zero-order valence-corrected chi connectivity index (χ0v) is 24.9. The Balaban J connectivity index is 1.71. The summed E-state index contributed by atoms with van der Waals surface area (Å²) < 4.78 is 97.6. The fourth-order valence-corrected chi connectivity index (χ4v) is 11.3. The Morgan fingerprint density at radius 1 is 0.581 bits per heavy atom. The number of allylic oxidation sites excluding steroid dienone is 3. The molecule has 0 saturated carbocycles. The fraction of sp³-hybridized carbons (Fsp3) is 0.143. The Bertz CT molecular complexity index is 1970. The van der Waals surface area contributed by atoms with Gasteiger partial charge in [0, 0.05) is 31.7 Å². The van der Waals surface area contributed by atoms with E-state index in [1.54, 1.807) is 103 Å². The van der Waals surface area contributed by atoms with E-state index in [1.807, 2.05) is 13.1 Å². The number of rotatable bonds is 4. The molecule has 0 nitrogen and oxygen atoms in total. The Labute approximate surface area is 249 Å². The van der Waals surface area contributed by atoms with Crippen molar-refractivity contribution in [2.24, 2.45) is 0 Å². The van der Waals surface area contributed by atoms with Crippen LogP contribution in [0, 0.1) is 0 Å². The Kier molecular flexibility index (Phi) is 6.04. The van der Waals surface area contributed by atoms with Gasteiger partial charge in [-0.05, 0) is 38.7 Å². The van der Waals surface area contributed by atoms with E-state index < -0.39 is 37.0 Å². The summed E-state index contributed by atoms with van der Waals surface area (Å²) in [6.07, 6.45) is 0. The average Bonchev–Trinajstić information content (AvgIpc) is 3.51. The van der Waals surface area contributed by atoms with Gasteiger partial charge >= 0.3 is 17.8 Å². The SMILES string of the molecule is C[Si]1(C)C(c2ccccc2)=C(C2=C(c3c(-c4ccccc4)sc4ccccc34)C(F)(F)C(F)(F)C2(F)F)c2ccccc21. The van der Waals surface area contributed by atoms with Gasteiger partial charge in [-0.2, -0.15) is 26.3 Å². The van der Waals surface area contributed by atoms with Gasteiger partial charge in [0.2, 0.25) is 0 Å². The lowest BCUT2D eigenvalue weighted by Crippen LogP contribution is -2.49. The molecule has 0 bridgehead atoms. The lowest BCUT2D eigenvalue weighted by molar-refractivity contribution is -0.258. The van der Waals surface area contributed by atoms with Gasteiger partial charge in [-0.1, -0.05) is 116 Å². The van der Waals surface area contributed by atoms with E-state index in [9.17, 15) is 0 Å². The van der Waals surface area contributed by atoms with Gasteiger partial charge in [0.25, 0.3) is 0 Å². The fourth-order valence-electron chi connectivity index (χ4n) is 6.67. The molecule has 216 valence electrons. The number of halogens is 6. The van der Waals surface area contributed by atoms with Crippen LogP contribution >= 0.6 is 11.3 Å². The minimum atomic E-state index is -5.67. The van der Waals surface area contributed by atoms with Gasteiger partial charge in [0.05, 0.1) is 0 Å². The molecule has 5 aromatic rings. The first-order valence-corrected chi connectivity index (χ1v) is 17.6. The van der Waals surface area contributed by atoms with Crippen LogP contribution in [-0.2, 0) is 0 Å². The molecule has 2 heterocycles. The summed E-state index contributed by atoms with van der Waals surface area (Å²) >= 11 is 1.13. The molecule has 0 radical (unpaired) electrons. The second kappa shape index (κ2) is 9.31. The molecule has 0 N–H and O–H groups in total. The molecule has 1 aliphatic heterocycles. The van der Waals surface area contributed by atoms with Gasteiger partial charge in [-0.3, -0.25) is 0 Å². The maximum absolute atomic E-state index is 16.4. The van der Waals surface area contributed by atoms with Crippen LogP contribution in [0.1, 0.15) is 16.7 Å². The summed E-state index contributed by atoms with van der Waals surface area (Å²) in [5.74, 6) is -16.0. The molecule has 0 saturated heterocycles. The second-order valence-electron chi connectivity index (χ2n) is 11.4. The summed E-state index contributed by atoms with van der Waals surface area (Å²) in [4.78, 5) is 0.243. The van der Waals surface area contributed by atoms with E-state index in [1.165, 1.54) is 6.07 Å². The van der Waals surface area contributed by atoms with Crippen LogP contribution in [-0.4, -0.2) is 25.8 Å². The van der Waals surface area contributed by atoms with Gasteiger partial charge in [-0.15, -0.1) is 11.3 Å². The first-order valence-electron chi connectivity index (χ1n) is 13.8.